The van der Waals surface area contributed by atoms with Crippen LogP contribution in [0.4, 0.5) is 5.69 Å². The number of imidazole rings is 3. The first-order valence-electron chi connectivity index (χ1n) is 26.9. The van der Waals surface area contributed by atoms with Crippen LogP contribution in [0.5, 0.6) is 0 Å². The van der Waals surface area contributed by atoms with Crippen LogP contribution < -0.4 is 0 Å². The van der Waals surface area contributed by atoms with Gasteiger partial charge in [-0.15, -0.1) is 82.4 Å². The van der Waals surface area contributed by atoms with E-state index in [0.29, 0.717) is 16.8 Å². The van der Waals surface area contributed by atoms with Crippen molar-refractivity contribution in [2.75, 3.05) is 0 Å². The van der Waals surface area contributed by atoms with Gasteiger partial charge in [0, 0.05) is 54.2 Å². The fourth-order valence-corrected chi connectivity index (χ4v) is 11.0. The topological polar surface area (TPSA) is 105 Å². The Labute approximate surface area is 478 Å². The molecule has 3 aliphatic rings. The van der Waals surface area contributed by atoms with E-state index in [2.05, 4.69) is 154 Å². The summed E-state index contributed by atoms with van der Waals surface area (Å²) in [6.07, 6.45) is 22.3. The van der Waals surface area contributed by atoms with Gasteiger partial charge in [-0.3, -0.25) is 19.8 Å². The number of aryl methyl sites for hydroxylation is 10. The zero-order valence-electron chi connectivity index (χ0n) is 45.1. The van der Waals surface area contributed by atoms with Crippen molar-refractivity contribution in [1.29, 1.82) is 10.5 Å². The number of aromatic nitrogens is 6. The van der Waals surface area contributed by atoms with Crippen molar-refractivity contribution in [1.82, 2.24) is 28.7 Å². The van der Waals surface area contributed by atoms with E-state index in [-0.39, 0.29) is 20.1 Å². The minimum absolute atomic E-state index is 0. The van der Waals surface area contributed by atoms with Gasteiger partial charge in [0.15, 0.2) is 0 Å². The van der Waals surface area contributed by atoms with Crippen LogP contribution in [0.15, 0.2) is 159 Å². The van der Waals surface area contributed by atoms with Gasteiger partial charge in [-0.2, -0.15) is 16.6 Å². The molecule has 0 saturated carbocycles. The number of hydrogen-bond acceptors (Lipinski definition) is 5. The van der Waals surface area contributed by atoms with Crippen molar-refractivity contribution in [3.63, 3.8) is 0 Å². The molecule has 0 saturated heterocycles. The van der Waals surface area contributed by atoms with E-state index >= 15 is 0 Å². The third-order valence-electron chi connectivity index (χ3n) is 14.9. The zero-order chi connectivity index (χ0) is 54.0. The fourth-order valence-electron chi connectivity index (χ4n) is 11.0. The molecule has 0 fully saturated rings. The van der Waals surface area contributed by atoms with E-state index in [1.807, 2.05) is 67.4 Å². The number of nitriles is 2. The summed E-state index contributed by atoms with van der Waals surface area (Å²) < 4.78 is 6.42. The van der Waals surface area contributed by atoms with Crippen LogP contribution in [0, 0.1) is 75.1 Å². The normalized spacial score (nSPS) is 12.6. The molecule has 79 heavy (non-hydrogen) atoms. The summed E-state index contributed by atoms with van der Waals surface area (Å²) in [4.78, 5) is 18.0. The number of para-hydroxylation sites is 3. The smallest absolute Gasteiger partial charge is 0.340 e. The number of hydrogen-bond donors (Lipinski definition) is 0. The molecule has 390 valence electrons. The van der Waals surface area contributed by atoms with Crippen molar-refractivity contribution in [2.24, 2.45) is 0 Å². The molecule has 6 bridgehead atoms. The standard InChI is InChI=1S/C51H46N6.C18H14N3.Ir/c1-36-12-9-18-42-16-7-5-4-6-8-17-43-19-10-13-37(2)49(43)57-31-29-55-51(57)45-27-25-41(47(34-45)53-3)23-21-39-15-11-14-38(32-39)20-22-40-24-26-44(33-46(40)35-52)50-54-28-30-56(50)48(36)42;1-13-5-3-6-14(2)17(13)21-10-9-20-18(21)16-8-4-7-15(11-16)12-19;/h9-15,18-19,24-25,28-34H,4-8,16-17,20-23H2,1-2H3;3-7,9-11H,1-2H3;/q-2;-1;+3. The predicted octanol–water partition coefficient (Wildman–Crippen LogP) is 15.5. The summed E-state index contributed by atoms with van der Waals surface area (Å²) in [5, 5.41) is 19.3. The molecule has 10 aromatic rings. The average Bonchev–Trinajstić information content (AvgIpc) is 4.38. The van der Waals surface area contributed by atoms with E-state index in [1.54, 1.807) is 18.3 Å². The number of rotatable bonds is 2. The molecule has 13 rings (SSSR count). The number of benzene rings is 7. The Balaban J connectivity index is 0.000000288. The molecular formula is C69H60IrN9. The Morgan fingerprint density at radius 3 is 1.49 bits per heavy atom. The van der Waals surface area contributed by atoms with Crippen LogP contribution in [0.25, 0.3) is 56.1 Å². The Bertz CT molecular complexity index is 3710. The monoisotopic (exact) mass is 1210 g/mol. The minimum Gasteiger partial charge on any atom is -0.340 e. The molecular weight excluding hydrogens is 1150 g/mol. The molecule has 6 heterocycles. The molecule has 0 amide bonds. The number of fused-ring (bicyclic) bond motifs is 2. The summed E-state index contributed by atoms with van der Waals surface area (Å²) in [6.45, 7) is 16.6. The van der Waals surface area contributed by atoms with Crippen molar-refractivity contribution in [3.05, 3.63) is 255 Å². The molecule has 7 aromatic carbocycles. The second kappa shape index (κ2) is 25.6. The molecule has 3 aromatic heterocycles. The Kier molecular flexibility index (Phi) is 17.9. The maximum Gasteiger partial charge on any atom is 3.00 e. The van der Waals surface area contributed by atoms with Crippen molar-refractivity contribution < 1.29 is 20.1 Å². The SMILES string of the molecule is Cc1cccc(C)c1-n1ccnc1-c1[c-]ccc(C#N)c1.[C-]#[N+]c1cc2[c-]cc1CCc1cccc(c1)CCc1c[c-]c(cc1C#N)-c1nccn1-c1c(C)cccc1CCCCCCCc1cccc(C)c1-n1ccnc1-2.[Ir+3]. The van der Waals surface area contributed by atoms with Crippen molar-refractivity contribution in [3.8, 4) is 63.4 Å². The van der Waals surface area contributed by atoms with Crippen LogP contribution >= 0.6 is 0 Å². The van der Waals surface area contributed by atoms with E-state index in [4.69, 9.17) is 21.8 Å². The quantitative estimate of drug-likeness (QED) is 0.160. The summed E-state index contributed by atoms with van der Waals surface area (Å²) in [5.74, 6) is 2.40. The van der Waals surface area contributed by atoms with Gasteiger partial charge in [0.05, 0.1) is 36.2 Å². The molecule has 10 heteroatoms. The average molecular weight is 1210 g/mol. The molecule has 0 spiro atoms. The van der Waals surface area contributed by atoms with Gasteiger partial charge in [0.25, 0.3) is 0 Å². The van der Waals surface area contributed by atoms with Crippen molar-refractivity contribution >= 4 is 5.69 Å². The first-order valence-corrected chi connectivity index (χ1v) is 26.9. The summed E-state index contributed by atoms with van der Waals surface area (Å²) in [6, 6.07) is 56.0. The van der Waals surface area contributed by atoms with Gasteiger partial charge >= 0.3 is 20.1 Å². The van der Waals surface area contributed by atoms with E-state index in [9.17, 15) is 5.26 Å². The van der Waals surface area contributed by atoms with Crippen LogP contribution in [0.1, 0.15) is 98.9 Å². The van der Waals surface area contributed by atoms with Gasteiger partial charge in [0.2, 0.25) is 0 Å². The summed E-state index contributed by atoms with van der Waals surface area (Å²) in [7, 11) is 0. The maximum absolute atomic E-state index is 10.3. The Hall–Kier alpha value is -8.71. The Morgan fingerprint density at radius 1 is 0.481 bits per heavy atom. The second-order valence-corrected chi connectivity index (χ2v) is 20.2. The van der Waals surface area contributed by atoms with Gasteiger partial charge in [-0.25, -0.2) is 0 Å². The largest absolute Gasteiger partial charge is 3.00 e. The first-order chi connectivity index (χ1) is 38.2. The van der Waals surface area contributed by atoms with Gasteiger partial charge in [0.1, 0.15) is 5.69 Å². The molecule has 3 aliphatic heterocycles. The van der Waals surface area contributed by atoms with E-state index in [0.717, 1.165) is 115 Å². The van der Waals surface area contributed by atoms with Gasteiger partial charge < -0.3 is 13.7 Å². The Morgan fingerprint density at radius 2 is 0.949 bits per heavy atom. The van der Waals surface area contributed by atoms with Gasteiger partial charge in [-0.1, -0.05) is 111 Å². The predicted molar refractivity (Wildman–Crippen MR) is 310 cm³/mol. The molecule has 0 aliphatic carbocycles. The van der Waals surface area contributed by atoms with E-state index < -0.39 is 0 Å². The molecule has 0 radical (unpaired) electrons. The fraction of sp³-hybridized carbons (Fsp3) is 0.217. The second-order valence-electron chi connectivity index (χ2n) is 20.2. The molecule has 0 unspecified atom stereocenters. The maximum atomic E-state index is 10.3. The van der Waals surface area contributed by atoms with E-state index in [1.165, 1.54) is 62.3 Å². The van der Waals surface area contributed by atoms with Gasteiger partial charge in [-0.05, 0) is 122 Å². The molecule has 9 nitrogen and oxygen atoms in total. The van der Waals surface area contributed by atoms with Crippen LogP contribution in [0.3, 0.4) is 0 Å². The third-order valence-corrected chi connectivity index (χ3v) is 14.9. The van der Waals surface area contributed by atoms with Crippen molar-refractivity contribution in [2.45, 2.75) is 98.3 Å². The zero-order valence-corrected chi connectivity index (χ0v) is 47.5. The molecule has 0 N–H and O–H groups in total. The first kappa shape index (κ1) is 55.1. The van der Waals surface area contributed by atoms with Crippen LogP contribution in [-0.4, -0.2) is 28.7 Å². The summed E-state index contributed by atoms with van der Waals surface area (Å²) in [5.41, 5.74) is 19.7. The minimum atomic E-state index is 0. The van der Waals surface area contributed by atoms with Crippen LogP contribution in [0.2, 0.25) is 0 Å². The van der Waals surface area contributed by atoms with Crippen LogP contribution in [-0.2, 0) is 58.6 Å². The molecule has 0 atom stereocenters. The summed E-state index contributed by atoms with van der Waals surface area (Å²) >= 11 is 0. The number of nitrogens with zero attached hydrogens (tertiary/aromatic N) is 9. The third kappa shape index (κ3) is 12.4.